The van der Waals surface area contributed by atoms with Gasteiger partial charge < -0.3 is 19.7 Å². The molecule has 2 rings (SSSR count). The smallest absolute Gasteiger partial charge is 0.244 e. The maximum Gasteiger partial charge on any atom is 0.244 e. The molecule has 1 N–H and O–H groups in total. The van der Waals surface area contributed by atoms with Crippen LogP contribution in [0.15, 0.2) is 42.5 Å². The molecule has 10 heteroatoms. The fourth-order valence-electron chi connectivity index (χ4n) is 3.54. The third kappa shape index (κ3) is 7.35. The van der Waals surface area contributed by atoms with E-state index in [4.69, 9.17) is 9.47 Å². The zero-order valence-corrected chi connectivity index (χ0v) is 22.2. The first-order valence-corrected chi connectivity index (χ1v) is 13.1. The van der Waals surface area contributed by atoms with Crippen molar-refractivity contribution in [2.45, 2.75) is 46.3 Å². The molecule has 2 amide bonds. The number of amides is 2. The van der Waals surface area contributed by atoms with E-state index in [9.17, 15) is 18.0 Å². The maximum absolute atomic E-state index is 13.6. The van der Waals surface area contributed by atoms with Gasteiger partial charge in [-0.1, -0.05) is 24.3 Å². The number of rotatable bonds is 11. The first-order valence-electron chi connectivity index (χ1n) is 11.2. The average molecular weight is 506 g/mol. The van der Waals surface area contributed by atoms with Crippen molar-refractivity contribution in [3.8, 4) is 11.5 Å². The SMILES string of the molecule is COc1ccc(N(CC(=O)N(Cc2ccccc2C)[C@H](C)C(=O)NC(C)C)S(C)(=O)=O)c(OC)c1. The molecule has 2 aromatic rings. The zero-order chi connectivity index (χ0) is 26.3. The molecule has 9 nitrogen and oxygen atoms in total. The summed E-state index contributed by atoms with van der Waals surface area (Å²) in [5.41, 5.74) is 2.01. The van der Waals surface area contributed by atoms with E-state index < -0.39 is 28.5 Å². The second-order valence-electron chi connectivity index (χ2n) is 8.59. The van der Waals surface area contributed by atoms with Crippen LogP contribution >= 0.6 is 0 Å². The molecule has 0 aliphatic carbocycles. The van der Waals surface area contributed by atoms with Crippen LogP contribution in [0.2, 0.25) is 0 Å². The molecule has 0 aliphatic rings. The van der Waals surface area contributed by atoms with E-state index in [2.05, 4.69) is 5.32 Å². The third-order valence-corrected chi connectivity index (χ3v) is 6.66. The number of aryl methyl sites for hydroxylation is 1. The molecule has 0 saturated heterocycles. The van der Waals surface area contributed by atoms with Gasteiger partial charge in [0.1, 0.15) is 24.1 Å². The first kappa shape index (κ1) is 28.0. The molecule has 0 aliphatic heterocycles. The summed E-state index contributed by atoms with van der Waals surface area (Å²) in [6.45, 7) is 6.86. The van der Waals surface area contributed by atoms with Gasteiger partial charge in [-0.2, -0.15) is 0 Å². The number of anilines is 1. The van der Waals surface area contributed by atoms with Gasteiger partial charge in [0.2, 0.25) is 21.8 Å². The Kier molecular flexibility index (Phi) is 9.53. The number of nitrogens with one attached hydrogen (secondary N) is 1. The minimum absolute atomic E-state index is 0.114. The summed E-state index contributed by atoms with van der Waals surface area (Å²) in [6, 6.07) is 11.3. The highest BCUT2D eigenvalue weighted by Gasteiger charge is 2.31. The minimum atomic E-state index is -3.88. The number of ether oxygens (including phenoxy) is 2. The van der Waals surface area contributed by atoms with Gasteiger partial charge in [-0.25, -0.2) is 8.42 Å². The number of methoxy groups -OCH3 is 2. The molecular formula is C25H35N3O6S. The quantitative estimate of drug-likeness (QED) is 0.504. The summed E-state index contributed by atoms with van der Waals surface area (Å²) < 4.78 is 37.1. The van der Waals surface area contributed by atoms with Crippen molar-refractivity contribution >= 4 is 27.5 Å². The molecule has 192 valence electrons. The Morgan fingerprint density at radius 3 is 2.23 bits per heavy atom. The highest BCUT2D eigenvalue weighted by molar-refractivity contribution is 7.92. The van der Waals surface area contributed by atoms with E-state index in [1.165, 1.54) is 25.2 Å². The van der Waals surface area contributed by atoms with Crippen molar-refractivity contribution in [3.63, 3.8) is 0 Å². The Bertz CT molecular complexity index is 1150. The van der Waals surface area contributed by atoms with Crippen molar-refractivity contribution in [1.29, 1.82) is 0 Å². The Morgan fingerprint density at radius 1 is 1.03 bits per heavy atom. The van der Waals surface area contributed by atoms with Gasteiger partial charge in [0.15, 0.2) is 0 Å². The van der Waals surface area contributed by atoms with Crippen LogP contribution in [0.5, 0.6) is 11.5 Å². The molecule has 1 atom stereocenters. The van der Waals surface area contributed by atoms with Crippen LogP contribution in [-0.2, 0) is 26.2 Å². The molecular weight excluding hydrogens is 470 g/mol. The lowest BCUT2D eigenvalue weighted by atomic mass is 10.1. The molecule has 0 bridgehead atoms. The normalized spacial score (nSPS) is 12.1. The predicted octanol–water partition coefficient (Wildman–Crippen LogP) is 2.72. The van der Waals surface area contributed by atoms with E-state index in [0.717, 1.165) is 21.7 Å². The van der Waals surface area contributed by atoms with Gasteiger partial charge in [-0.3, -0.25) is 13.9 Å². The number of carbonyl (C=O) groups excluding carboxylic acids is 2. The second kappa shape index (κ2) is 11.9. The molecule has 0 heterocycles. The van der Waals surface area contributed by atoms with E-state index in [-0.39, 0.29) is 29.9 Å². The van der Waals surface area contributed by atoms with Crippen molar-refractivity contribution in [2.24, 2.45) is 0 Å². The van der Waals surface area contributed by atoms with Crippen LogP contribution in [0.4, 0.5) is 5.69 Å². The summed E-state index contributed by atoms with van der Waals surface area (Å²) >= 11 is 0. The van der Waals surface area contributed by atoms with E-state index in [0.29, 0.717) is 5.75 Å². The van der Waals surface area contributed by atoms with Crippen molar-refractivity contribution < 1.29 is 27.5 Å². The van der Waals surface area contributed by atoms with Crippen molar-refractivity contribution in [2.75, 3.05) is 31.3 Å². The highest BCUT2D eigenvalue weighted by atomic mass is 32.2. The van der Waals surface area contributed by atoms with Crippen LogP contribution in [-0.4, -0.2) is 64.2 Å². The number of nitrogens with zero attached hydrogens (tertiary/aromatic N) is 2. The lowest BCUT2D eigenvalue weighted by Gasteiger charge is -2.32. The van der Waals surface area contributed by atoms with Gasteiger partial charge in [0.25, 0.3) is 0 Å². The third-order valence-electron chi connectivity index (χ3n) is 5.53. The molecule has 35 heavy (non-hydrogen) atoms. The monoisotopic (exact) mass is 505 g/mol. The lowest BCUT2D eigenvalue weighted by Crippen LogP contribution is -2.52. The van der Waals surface area contributed by atoms with E-state index >= 15 is 0 Å². The van der Waals surface area contributed by atoms with Crippen LogP contribution in [0.3, 0.4) is 0 Å². The number of hydrogen-bond acceptors (Lipinski definition) is 6. The van der Waals surface area contributed by atoms with Crippen LogP contribution in [0.25, 0.3) is 0 Å². The van der Waals surface area contributed by atoms with Crippen LogP contribution < -0.4 is 19.1 Å². The van der Waals surface area contributed by atoms with E-state index in [1.807, 2.05) is 45.0 Å². The molecule has 0 aromatic heterocycles. The Balaban J connectivity index is 2.48. The average Bonchev–Trinajstić information content (AvgIpc) is 2.79. The Labute approximate surface area is 208 Å². The topological polar surface area (TPSA) is 105 Å². The lowest BCUT2D eigenvalue weighted by molar-refractivity contribution is -0.139. The second-order valence-corrected chi connectivity index (χ2v) is 10.5. The predicted molar refractivity (Wildman–Crippen MR) is 136 cm³/mol. The Hall–Kier alpha value is -3.27. The standard InChI is InChI=1S/C25H35N3O6S/c1-17(2)26-25(30)19(4)27(15-20-11-9-8-10-18(20)3)24(29)16-28(35(7,31)32)22-13-12-21(33-5)14-23(22)34-6/h8-14,17,19H,15-16H2,1-7H3,(H,26,30)/t19-/m1/s1. The summed E-state index contributed by atoms with van der Waals surface area (Å²) in [5, 5.41) is 2.83. The summed E-state index contributed by atoms with van der Waals surface area (Å²) in [4.78, 5) is 27.8. The molecule has 0 fully saturated rings. The number of hydrogen-bond donors (Lipinski definition) is 1. The Morgan fingerprint density at radius 2 is 1.69 bits per heavy atom. The van der Waals surface area contributed by atoms with Gasteiger partial charge in [-0.15, -0.1) is 0 Å². The summed E-state index contributed by atoms with van der Waals surface area (Å²) in [6.07, 6.45) is 1.02. The summed E-state index contributed by atoms with van der Waals surface area (Å²) in [5.74, 6) is -0.137. The van der Waals surface area contributed by atoms with Gasteiger partial charge in [0, 0.05) is 18.7 Å². The molecule has 0 radical (unpaired) electrons. The van der Waals surface area contributed by atoms with Crippen molar-refractivity contribution in [3.05, 3.63) is 53.6 Å². The van der Waals surface area contributed by atoms with Gasteiger partial charge in [-0.05, 0) is 51.0 Å². The van der Waals surface area contributed by atoms with Gasteiger partial charge >= 0.3 is 0 Å². The minimum Gasteiger partial charge on any atom is -0.497 e. The molecule has 0 spiro atoms. The highest BCUT2D eigenvalue weighted by Crippen LogP contribution is 2.33. The largest absolute Gasteiger partial charge is 0.497 e. The molecule has 2 aromatic carbocycles. The maximum atomic E-state index is 13.6. The fraction of sp³-hybridized carbons (Fsp3) is 0.440. The number of sulfonamides is 1. The number of benzene rings is 2. The van der Waals surface area contributed by atoms with E-state index in [1.54, 1.807) is 19.1 Å². The zero-order valence-electron chi connectivity index (χ0n) is 21.4. The summed E-state index contributed by atoms with van der Waals surface area (Å²) in [7, 11) is -0.989. The fourth-order valence-corrected chi connectivity index (χ4v) is 4.40. The van der Waals surface area contributed by atoms with Gasteiger partial charge in [0.05, 0.1) is 26.2 Å². The number of carbonyl (C=O) groups is 2. The van der Waals surface area contributed by atoms with Crippen LogP contribution in [0, 0.1) is 6.92 Å². The molecule has 0 saturated carbocycles. The van der Waals surface area contributed by atoms with Crippen molar-refractivity contribution in [1.82, 2.24) is 10.2 Å². The first-order chi connectivity index (χ1) is 16.4. The molecule has 0 unspecified atom stereocenters. The van der Waals surface area contributed by atoms with Crippen LogP contribution in [0.1, 0.15) is 31.9 Å².